The molecule has 1 atom stereocenters. The molecule has 1 heterocycles. The van der Waals surface area contributed by atoms with Crippen molar-refractivity contribution in [2.24, 2.45) is 5.92 Å². The normalized spacial score (nSPS) is 21.3. The Labute approximate surface area is 138 Å². The van der Waals surface area contributed by atoms with Crippen LogP contribution < -0.4 is 5.32 Å². The zero-order chi connectivity index (χ0) is 15.5. The number of carbonyl (C=O) groups excluding carboxylic acids is 2. The lowest BCUT2D eigenvalue weighted by atomic mass is 10.2. The summed E-state index contributed by atoms with van der Waals surface area (Å²) in [7, 11) is 0. The fraction of sp³-hybridized carbons (Fsp3) is 0.412. The molecule has 1 saturated heterocycles. The maximum Gasteiger partial charge on any atom is 0.246 e. The van der Waals surface area contributed by atoms with E-state index in [4.69, 9.17) is 0 Å². The van der Waals surface area contributed by atoms with Crippen LogP contribution in [0.25, 0.3) is 6.08 Å². The lowest BCUT2D eigenvalue weighted by Gasteiger charge is -2.15. The van der Waals surface area contributed by atoms with Crippen LogP contribution in [0.3, 0.4) is 0 Å². The molecule has 1 aromatic rings. The van der Waals surface area contributed by atoms with Crippen molar-refractivity contribution in [1.82, 2.24) is 10.2 Å². The summed E-state index contributed by atoms with van der Waals surface area (Å²) in [5.74, 6) is 0.387. The Kier molecular flexibility index (Phi) is 4.62. The number of hydrogen-bond donors (Lipinski definition) is 1. The molecule has 0 aromatic heterocycles. The number of benzene rings is 1. The van der Waals surface area contributed by atoms with Gasteiger partial charge in [-0.25, -0.2) is 0 Å². The average molecular weight is 363 g/mol. The second-order valence-electron chi connectivity index (χ2n) is 5.94. The predicted octanol–water partition coefficient (Wildman–Crippen LogP) is 2.59. The van der Waals surface area contributed by atoms with E-state index in [0.29, 0.717) is 13.1 Å². The zero-order valence-electron chi connectivity index (χ0n) is 12.3. The molecule has 22 heavy (non-hydrogen) atoms. The number of carbonyl (C=O) groups is 2. The van der Waals surface area contributed by atoms with Crippen LogP contribution in [0.2, 0.25) is 0 Å². The van der Waals surface area contributed by atoms with Crippen LogP contribution in [0.15, 0.2) is 34.8 Å². The Morgan fingerprint density at radius 1 is 1.18 bits per heavy atom. The molecule has 1 saturated carbocycles. The van der Waals surface area contributed by atoms with Crippen molar-refractivity contribution < 1.29 is 9.59 Å². The fourth-order valence-corrected chi connectivity index (χ4v) is 2.85. The monoisotopic (exact) mass is 362 g/mol. The van der Waals surface area contributed by atoms with Gasteiger partial charge < -0.3 is 10.2 Å². The first-order valence-electron chi connectivity index (χ1n) is 7.65. The van der Waals surface area contributed by atoms with Crippen LogP contribution in [0.1, 0.15) is 24.8 Å². The van der Waals surface area contributed by atoms with Gasteiger partial charge in [0.25, 0.3) is 0 Å². The van der Waals surface area contributed by atoms with E-state index >= 15 is 0 Å². The van der Waals surface area contributed by atoms with E-state index in [1.807, 2.05) is 30.3 Å². The van der Waals surface area contributed by atoms with E-state index in [1.54, 1.807) is 11.0 Å². The van der Waals surface area contributed by atoms with E-state index in [-0.39, 0.29) is 23.8 Å². The van der Waals surface area contributed by atoms with E-state index in [1.165, 1.54) is 0 Å². The SMILES string of the molecule is O=C(NC1CCN(C(=O)C=Cc2ccc(Br)cc2)C1)C1CC1. The minimum Gasteiger partial charge on any atom is -0.351 e. The van der Waals surface area contributed by atoms with Gasteiger partial charge in [0.15, 0.2) is 0 Å². The fourth-order valence-electron chi connectivity index (χ4n) is 2.59. The van der Waals surface area contributed by atoms with E-state index in [2.05, 4.69) is 21.2 Å². The number of hydrogen-bond acceptors (Lipinski definition) is 2. The second kappa shape index (κ2) is 6.65. The average Bonchev–Trinajstić information content (AvgIpc) is 3.27. The lowest BCUT2D eigenvalue weighted by molar-refractivity contribution is -0.126. The summed E-state index contributed by atoms with van der Waals surface area (Å²) in [6.07, 6.45) is 6.30. The largest absolute Gasteiger partial charge is 0.351 e. The predicted molar refractivity (Wildman–Crippen MR) is 89.0 cm³/mol. The first-order chi connectivity index (χ1) is 10.6. The maximum atomic E-state index is 12.2. The molecular formula is C17H19BrN2O2. The maximum absolute atomic E-state index is 12.2. The van der Waals surface area contributed by atoms with Crippen molar-refractivity contribution in [2.75, 3.05) is 13.1 Å². The van der Waals surface area contributed by atoms with Crippen LogP contribution in [-0.2, 0) is 9.59 Å². The third-order valence-corrected chi connectivity index (χ3v) is 4.61. The molecule has 0 bridgehead atoms. The number of likely N-dealkylation sites (tertiary alicyclic amines) is 1. The molecule has 2 amide bonds. The van der Waals surface area contributed by atoms with Gasteiger partial charge in [-0.3, -0.25) is 9.59 Å². The van der Waals surface area contributed by atoms with Gasteiger partial charge in [0.05, 0.1) is 0 Å². The summed E-state index contributed by atoms with van der Waals surface area (Å²) >= 11 is 3.39. The van der Waals surface area contributed by atoms with Crippen LogP contribution in [0.4, 0.5) is 0 Å². The number of rotatable bonds is 4. The molecule has 4 nitrogen and oxygen atoms in total. The summed E-state index contributed by atoms with van der Waals surface area (Å²) in [5, 5.41) is 3.04. The third-order valence-electron chi connectivity index (χ3n) is 4.08. The van der Waals surface area contributed by atoms with E-state index in [0.717, 1.165) is 29.3 Å². The minimum atomic E-state index is 0.00564. The number of halogens is 1. The Balaban J connectivity index is 1.50. The van der Waals surface area contributed by atoms with Gasteiger partial charge in [-0.05, 0) is 43.0 Å². The second-order valence-corrected chi connectivity index (χ2v) is 6.85. The van der Waals surface area contributed by atoms with Gasteiger partial charge in [0, 0.05) is 35.6 Å². The lowest BCUT2D eigenvalue weighted by Crippen LogP contribution is -2.38. The topological polar surface area (TPSA) is 49.4 Å². The summed E-state index contributed by atoms with van der Waals surface area (Å²) < 4.78 is 1.02. The molecule has 5 heteroatoms. The van der Waals surface area contributed by atoms with Gasteiger partial charge in [0.1, 0.15) is 0 Å². The smallest absolute Gasteiger partial charge is 0.246 e. The van der Waals surface area contributed by atoms with Crippen LogP contribution in [0.5, 0.6) is 0 Å². The molecule has 116 valence electrons. The Hall–Kier alpha value is -1.62. The zero-order valence-corrected chi connectivity index (χ0v) is 13.9. The summed E-state index contributed by atoms with van der Waals surface area (Å²) in [5.41, 5.74) is 0.995. The highest BCUT2D eigenvalue weighted by atomic mass is 79.9. The molecular weight excluding hydrogens is 344 g/mol. The standard InChI is InChI=1S/C17H19BrN2O2/c18-14-6-1-12(2-7-14)3-8-16(21)20-10-9-15(11-20)19-17(22)13-4-5-13/h1-3,6-8,13,15H,4-5,9-11H2,(H,19,22). The summed E-state index contributed by atoms with van der Waals surface area (Å²) in [6.45, 7) is 1.32. The van der Waals surface area contributed by atoms with Gasteiger partial charge >= 0.3 is 0 Å². The third kappa shape index (κ3) is 3.97. The van der Waals surface area contributed by atoms with Crippen molar-refractivity contribution in [3.8, 4) is 0 Å². The highest BCUT2D eigenvalue weighted by Crippen LogP contribution is 2.29. The van der Waals surface area contributed by atoms with Gasteiger partial charge in [0.2, 0.25) is 11.8 Å². The quantitative estimate of drug-likeness (QED) is 0.836. The van der Waals surface area contributed by atoms with Gasteiger partial charge in [-0.15, -0.1) is 0 Å². The molecule has 0 radical (unpaired) electrons. The van der Waals surface area contributed by atoms with Crippen LogP contribution >= 0.6 is 15.9 Å². The minimum absolute atomic E-state index is 0.00564. The van der Waals surface area contributed by atoms with Crippen molar-refractivity contribution in [3.05, 3.63) is 40.4 Å². The molecule has 1 N–H and O–H groups in total. The molecule has 2 aliphatic rings. The van der Waals surface area contributed by atoms with Crippen molar-refractivity contribution in [1.29, 1.82) is 0 Å². The van der Waals surface area contributed by atoms with Crippen molar-refractivity contribution in [2.45, 2.75) is 25.3 Å². The van der Waals surface area contributed by atoms with E-state index in [9.17, 15) is 9.59 Å². The Morgan fingerprint density at radius 2 is 1.91 bits per heavy atom. The van der Waals surface area contributed by atoms with Crippen molar-refractivity contribution >= 4 is 33.8 Å². The number of amides is 2. The molecule has 1 aromatic carbocycles. The van der Waals surface area contributed by atoms with E-state index < -0.39 is 0 Å². The number of nitrogens with zero attached hydrogens (tertiary/aromatic N) is 1. The molecule has 1 aliphatic heterocycles. The molecule has 1 unspecified atom stereocenters. The van der Waals surface area contributed by atoms with Crippen LogP contribution in [-0.4, -0.2) is 35.8 Å². The highest BCUT2D eigenvalue weighted by Gasteiger charge is 2.33. The molecule has 0 spiro atoms. The molecule has 2 fully saturated rings. The first kappa shape index (κ1) is 15.3. The summed E-state index contributed by atoms with van der Waals surface area (Å²) in [4.78, 5) is 25.7. The van der Waals surface area contributed by atoms with Crippen molar-refractivity contribution in [3.63, 3.8) is 0 Å². The highest BCUT2D eigenvalue weighted by molar-refractivity contribution is 9.10. The summed E-state index contributed by atoms with van der Waals surface area (Å²) in [6, 6.07) is 7.91. The first-order valence-corrected chi connectivity index (χ1v) is 8.44. The molecule has 1 aliphatic carbocycles. The van der Waals surface area contributed by atoms with Gasteiger partial charge in [-0.2, -0.15) is 0 Å². The Morgan fingerprint density at radius 3 is 2.59 bits per heavy atom. The number of nitrogens with one attached hydrogen (secondary N) is 1. The molecule has 3 rings (SSSR count). The van der Waals surface area contributed by atoms with Gasteiger partial charge in [-0.1, -0.05) is 28.1 Å². The Bertz CT molecular complexity index is 593. The van der Waals surface area contributed by atoms with Crippen LogP contribution in [0, 0.1) is 5.92 Å².